The molecule has 0 aliphatic rings. The maximum Gasteiger partial charge on any atom is 0.0468 e. The molecule has 0 aliphatic carbocycles. The summed E-state index contributed by atoms with van der Waals surface area (Å²) in [6.07, 6.45) is 0. The van der Waals surface area contributed by atoms with Gasteiger partial charge in [0, 0.05) is 34.1 Å². The molecule has 0 spiro atoms. The Balaban J connectivity index is 0.921. The molecule has 0 saturated carbocycles. The van der Waals surface area contributed by atoms with Gasteiger partial charge in [-0.2, -0.15) is 0 Å². The average molecular weight is 869 g/mol. The normalized spacial score (nSPS) is 10.9. The number of hydrogen-bond donors (Lipinski definition) is 0. The molecule has 0 fully saturated rings. The topological polar surface area (TPSA) is 6.48 Å². The highest BCUT2D eigenvalue weighted by molar-refractivity contribution is 5.90. The summed E-state index contributed by atoms with van der Waals surface area (Å²) in [4.78, 5) is 4.68. The summed E-state index contributed by atoms with van der Waals surface area (Å²) in [6.45, 7) is 0. The van der Waals surface area contributed by atoms with Crippen molar-refractivity contribution in [1.29, 1.82) is 0 Å². The molecule has 0 atom stereocenters. The zero-order valence-electron chi connectivity index (χ0n) is 37.6. The first-order valence-electron chi connectivity index (χ1n) is 23.2. The molecule has 68 heavy (non-hydrogen) atoms. The summed E-state index contributed by atoms with van der Waals surface area (Å²) in [7, 11) is 0. The first kappa shape index (κ1) is 41.7. The lowest BCUT2D eigenvalue weighted by atomic mass is 9.92. The minimum absolute atomic E-state index is 1.08. The van der Waals surface area contributed by atoms with E-state index < -0.39 is 0 Å². The summed E-state index contributed by atoms with van der Waals surface area (Å²) < 4.78 is 0. The molecule has 0 heterocycles. The van der Waals surface area contributed by atoms with Gasteiger partial charge in [-0.15, -0.1) is 0 Å². The van der Waals surface area contributed by atoms with Crippen molar-refractivity contribution >= 4 is 34.1 Å². The van der Waals surface area contributed by atoms with Crippen LogP contribution in [0.1, 0.15) is 0 Å². The highest BCUT2D eigenvalue weighted by Gasteiger charge is 2.18. The quantitative estimate of drug-likeness (QED) is 0.121. The molecule has 0 N–H and O–H groups in total. The SMILES string of the molecule is c1ccc(-c2ccc(N(c3ccccc3)c3ccc(-c4ccc(-c5ccc(N(c6ccc(-c7ccccc7)cc6)c6ccc(-c7ccccc7)cc6)cc5-c5ccccc5)cc4)cc3)cc2)cc1. The van der Waals surface area contributed by atoms with Crippen molar-refractivity contribution in [3.05, 3.63) is 291 Å². The third-order valence-electron chi connectivity index (χ3n) is 12.7. The fraction of sp³-hybridized carbons (Fsp3) is 0. The Morgan fingerprint density at radius 3 is 0.721 bits per heavy atom. The second-order valence-electron chi connectivity index (χ2n) is 17.0. The van der Waals surface area contributed by atoms with Gasteiger partial charge in [-0.3, -0.25) is 0 Å². The molecular weight excluding hydrogens is 821 g/mol. The van der Waals surface area contributed by atoms with Crippen molar-refractivity contribution in [2.24, 2.45) is 0 Å². The molecule has 2 heteroatoms. The molecule has 11 aromatic rings. The Bertz CT molecular complexity index is 3270. The summed E-state index contributed by atoms with van der Waals surface area (Å²) >= 11 is 0. The molecule has 0 aliphatic heterocycles. The van der Waals surface area contributed by atoms with Crippen molar-refractivity contribution < 1.29 is 0 Å². The Morgan fingerprint density at radius 1 is 0.147 bits per heavy atom. The Kier molecular flexibility index (Phi) is 11.8. The number of nitrogens with zero attached hydrogens (tertiary/aromatic N) is 2. The summed E-state index contributed by atoms with van der Waals surface area (Å²) in [5.41, 5.74) is 20.8. The first-order valence-corrected chi connectivity index (χ1v) is 23.2. The van der Waals surface area contributed by atoms with Crippen molar-refractivity contribution in [2.75, 3.05) is 9.80 Å². The predicted octanol–water partition coefficient (Wildman–Crippen LogP) is 18.6. The number of hydrogen-bond acceptors (Lipinski definition) is 2. The van der Waals surface area contributed by atoms with Crippen LogP contribution in [0.4, 0.5) is 34.1 Å². The third-order valence-corrected chi connectivity index (χ3v) is 12.7. The van der Waals surface area contributed by atoms with E-state index in [4.69, 9.17) is 0 Å². The van der Waals surface area contributed by atoms with E-state index in [9.17, 15) is 0 Å². The minimum atomic E-state index is 1.08. The van der Waals surface area contributed by atoms with Crippen molar-refractivity contribution in [2.45, 2.75) is 0 Å². The third kappa shape index (κ3) is 8.87. The molecule has 0 saturated heterocycles. The van der Waals surface area contributed by atoms with Gasteiger partial charge < -0.3 is 9.80 Å². The molecule has 0 unspecified atom stereocenters. The minimum Gasteiger partial charge on any atom is -0.311 e. The van der Waals surface area contributed by atoms with Crippen LogP contribution in [0.5, 0.6) is 0 Å². The number of anilines is 6. The van der Waals surface area contributed by atoms with Gasteiger partial charge >= 0.3 is 0 Å². The highest BCUT2D eigenvalue weighted by Crippen LogP contribution is 2.43. The van der Waals surface area contributed by atoms with E-state index in [1.807, 2.05) is 0 Å². The summed E-state index contributed by atoms with van der Waals surface area (Å²) in [6, 6.07) is 105. The van der Waals surface area contributed by atoms with E-state index in [0.717, 1.165) is 39.7 Å². The van der Waals surface area contributed by atoms with Gasteiger partial charge in [0.2, 0.25) is 0 Å². The highest BCUT2D eigenvalue weighted by atomic mass is 15.1. The van der Waals surface area contributed by atoms with E-state index in [-0.39, 0.29) is 0 Å². The second kappa shape index (κ2) is 19.2. The molecule has 11 rings (SSSR count). The smallest absolute Gasteiger partial charge is 0.0468 e. The van der Waals surface area contributed by atoms with E-state index in [2.05, 4.69) is 301 Å². The van der Waals surface area contributed by atoms with Crippen LogP contribution in [0.15, 0.2) is 291 Å². The van der Waals surface area contributed by atoms with E-state index in [1.165, 1.54) is 61.2 Å². The lowest BCUT2D eigenvalue weighted by Crippen LogP contribution is -2.10. The van der Waals surface area contributed by atoms with Gasteiger partial charge in [-0.05, 0) is 140 Å². The monoisotopic (exact) mass is 868 g/mol. The van der Waals surface area contributed by atoms with Crippen molar-refractivity contribution in [3.8, 4) is 66.8 Å². The van der Waals surface area contributed by atoms with Crippen LogP contribution in [0.3, 0.4) is 0 Å². The molecule has 0 amide bonds. The number of benzene rings is 11. The largest absolute Gasteiger partial charge is 0.311 e. The Morgan fingerprint density at radius 2 is 0.368 bits per heavy atom. The number of para-hydroxylation sites is 1. The van der Waals surface area contributed by atoms with Crippen LogP contribution in [-0.4, -0.2) is 0 Å². The van der Waals surface area contributed by atoms with Crippen LogP contribution in [-0.2, 0) is 0 Å². The molecule has 2 nitrogen and oxygen atoms in total. The Hall–Kier alpha value is -8.98. The van der Waals surface area contributed by atoms with Crippen LogP contribution >= 0.6 is 0 Å². The molecule has 322 valence electrons. The average Bonchev–Trinajstić information content (AvgIpc) is 3.43. The zero-order valence-corrected chi connectivity index (χ0v) is 37.6. The van der Waals surface area contributed by atoms with E-state index >= 15 is 0 Å². The summed E-state index contributed by atoms with van der Waals surface area (Å²) in [5.74, 6) is 0. The predicted molar refractivity (Wildman–Crippen MR) is 288 cm³/mol. The maximum atomic E-state index is 2.37. The Labute approximate surface area is 400 Å². The van der Waals surface area contributed by atoms with Crippen LogP contribution < -0.4 is 9.80 Å². The number of rotatable bonds is 12. The lowest BCUT2D eigenvalue weighted by molar-refractivity contribution is 1.28. The molecule has 11 aromatic carbocycles. The molecule has 0 aromatic heterocycles. The van der Waals surface area contributed by atoms with Gasteiger partial charge in [0.25, 0.3) is 0 Å². The van der Waals surface area contributed by atoms with Gasteiger partial charge in [0.15, 0.2) is 0 Å². The van der Waals surface area contributed by atoms with E-state index in [0.29, 0.717) is 0 Å². The van der Waals surface area contributed by atoms with Gasteiger partial charge in [-0.1, -0.05) is 218 Å². The molecular formula is C66H48N2. The van der Waals surface area contributed by atoms with Gasteiger partial charge in [-0.25, -0.2) is 0 Å². The zero-order chi connectivity index (χ0) is 45.5. The van der Waals surface area contributed by atoms with Gasteiger partial charge in [0.05, 0.1) is 0 Å². The molecule has 0 radical (unpaired) electrons. The van der Waals surface area contributed by atoms with E-state index in [1.54, 1.807) is 0 Å². The fourth-order valence-electron chi connectivity index (χ4n) is 9.20. The standard InChI is InChI=1S/C66H48N2/c1-6-16-49(17-7-1)53-30-38-60(39-31-53)67(59-24-14-5-15-25-59)61-40-36-56(37-41-61)52-26-28-58(29-27-52)65-47-46-64(48-66(65)57-22-12-4-13-23-57)68(62-42-32-54(33-43-62)50-18-8-2-9-19-50)63-44-34-55(35-45-63)51-20-10-3-11-21-51/h1-48H. The van der Waals surface area contributed by atoms with Crippen molar-refractivity contribution in [1.82, 2.24) is 0 Å². The first-order chi connectivity index (χ1) is 33.7. The molecule has 0 bridgehead atoms. The van der Waals surface area contributed by atoms with Crippen LogP contribution in [0.2, 0.25) is 0 Å². The van der Waals surface area contributed by atoms with Gasteiger partial charge in [0.1, 0.15) is 0 Å². The maximum absolute atomic E-state index is 2.37. The summed E-state index contributed by atoms with van der Waals surface area (Å²) in [5, 5.41) is 0. The second-order valence-corrected chi connectivity index (χ2v) is 17.0. The van der Waals surface area contributed by atoms with Crippen LogP contribution in [0, 0.1) is 0 Å². The van der Waals surface area contributed by atoms with Crippen LogP contribution in [0.25, 0.3) is 66.8 Å². The fourth-order valence-corrected chi connectivity index (χ4v) is 9.20. The van der Waals surface area contributed by atoms with Crippen molar-refractivity contribution in [3.63, 3.8) is 0 Å². The lowest BCUT2D eigenvalue weighted by Gasteiger charge is -2.27.